The molecule has 22 heavy (non-hydrogen) atoms. The highest BCUT2D eigenvalue weighted by Crippen LogP contribution is 2.17. The van der Waals surface area contributed by atoms with Gasteiger partial charge in [-0.2, -0.15) is 0 Å². The lowest BCUT2D eigenvalue weighted by molar-refractivity contribution is 0.0729. The van der Waals surface area contributed by atoms with E-state index in [1.165, 1.54) is 0 Å². The van der Waals surface area contributed by atoms with Gasteiger partial charge >= 0.3 is 0 Å². The van der Waals surface area contributed by atoms with Crippen LogP contribution in [0.4, 0.5) is 0 Å². The molecule has 0 unspecified atom stereocenters. The third-order valence-electron chi connectivity index (χ3n) is 3.80. The summed E-state index contributed by atoms with van der Waals surface area (Å²) in [7, 11) is 1.72. The van der Waals surface area contributed by atoms with Gasteiger partial charge in [0.15, 0.2) is 5.69 Å². The second-order valence-electron chi connectivity index (χ2n) is 5.52. The summed E-state index contributed by atoms with van der Waals surface area (Å²) in [6, 6.07) is 3.90. The average Bonchev–Trinajstić information content (AvgIpc) is 2.86. The lowest BCUT2D eigenvalue weighted by Crippen LogP contribution is -2.37. The smallest absolute Gasteiger partial charge is 0.276 e. The number of aromatic nitrogens is 2. The molecule has 2 heterocycles. The van der Waals surface area contributed by atoms with Crippen molar-refractivity contribution in [2.24, 2.45) is 0 Å². The van der Waals surface area contributed by atoms with Crippen molar-refractivity contribution in [1.82, 2.24) is 15.0 Å². The topological polar surface area (TPSA) is 79.5 Å². The summed E-state index contributed by atoms with van der Waals surface area (Å²) in [6.07, 6.45) is 2.42. The van der Waals surface area contributed by atoms with E-state index in [-0.39, 0.29) is 24.2 Å². The van der Waals surface area contributed by atoms with Crippen LogP contribution >= 0.6 is 0 Å². The number of aliphatic hydroxyl groups excluding tert-OH is 1. The summed E-state index contributed by atoms with van der Waals surface area (Å²) in [6.45, 7) is 5.37. The summed E-state index contributed by atoms with van der Waals surface area (Å²) in [4.78, 5) is 18.4. The molecular weight excluding hydrogens is 282 g/mol. The van der Waals surface area contributed by atoms with Gasteiger partial charge in [0.25, 0.3) is 5.91 Å². The van der Waals surface area contributed by atoms with Gasteiger partial charge in [-0.25, -0.2) is 0 Å². The lowest BCUT2D eigenvalue weighted by Gasteiger charge is -2.24. The first-order chi connectivity index (χ1) is 10.4. The molecule has 0 aliphatic carbocycles. The second-order valence-corrected chi connectivity index (χ2v) is 5.52. The minimum Gasteiger partial charge on any atom is -0.391 e. The molecule has 0 aromatic carbocycles. The van der Waals surface area contributed by atoms with Gasteiger partial charge in [-0.1, -0.05) is 5.16 Å². The number of pyridine rings is 1. The Morgan fingerprint density at radius 1 is 1.45 bits per heavy atom. The van der Waals surface area contributed by atoms with Crippen LogP contribution < -0.4 is 0 Å². The van der Waals surface area contributed by atoms with E-state index in [1.54, 1.807) is 25.1 Å². The molecule has 1 N–H and O–H groups in total. The first kappa shape index (κ1) is 16.2. The predicted molar refractivity (Wildman–Crippen MR) is 81.4 cm³/mol. The van der Waals surface area contributed by atoms with Crippen molar-refractivity contribution in [3.8, 4) is 0 Å². The first-order valence-electron chi connectivity index (χ1n) is 7.18. The molecule has 6 nitrogen and oxygen atoms in total. The molecule has 2 aromatic rings. The Hall–Kier alpha value is -2.21. The molecule has 2 aromatic heterocycles. The zero-order valence-corrected chi connectivity index (χ0v) is 13.3. The maximum absolute atomic E-state index is 12.5. The van der Waals surface area contributed by atoms with Gasteiger partial charge in [-0.3, -0.25) is 9.78 Å². The van der Waals surface area contributed by atoms with Crippen LogP contribution in [-0.2, 0) is 13.0 Å². The minimum atomic E-state index is -0.266. The number of hydrogen-bond donors (Lipinski definition) is 1. The van der Waals surface area contributed by atoms with Crippen molar-refractivity contribution in [3.05, 3.63) is 46.6 Å². The van der Waals surface area contributed by atoms with Crippen LogP contribution in [0.5, 0.6) is 0 Å². The van der Waals surface area contributed by atoms with Crippen molar-refractivity contribution in [2.75, 3.05) is 7.05 Å². The Labute approximate surface area is 129 Å². The first-order valence-corrected chi connectivity index (χ1v) is 7.18. The molecule has 0 bridgehead atoms. The fourth-order valence-corrected chi connectivity index (χ4v) is 2.26. The Balaban J connectivity index is 2.12. The van der Waals surface area contributed by atoms with E-state index in [0.717, 1.165) is 11.3 Å². The van der Waals surface area contributed by atoms with Crippen LogP contribution in [0, 0.1) is 13.8 Å². The molecule has 2 rings (SSSR count). The van der Waals surface area contributed by atoms with Gasteiger partial charge in [0.1, 0.15) is 5.76 Å². The molecule has 1 atom stereocenters. The number of amides is 1. The van der Waals surface area contributed by atoms with E-state index in [9.17, 15) is 9.90 Å². The number of aryl methyl sites for hydroxylation is 2. The normalized spacial score (nSPS) is 12.2. The van der Waals surface area contributed by atoms with Gasteiger partial charge < -0.3 is 14.5 Å². The van der Waals surface area contributed by atoms with Gasteiger partial charge in [0.2, 0.25) is 0 Å². The monoisotopic (exact) mass is 303 g/mol. The number of nitrogens with zero attached hydrogens (tertiary/aromatic N) is 3. The minimum absolute atomic E-state index is 0.0506. The standard InChI is InChI=1S/C16H21N3O3/c1-10-5-6-17-13(7-10)8-11(2)19(4)16(21)15-14(9-20)12(3)22-18-15/h5-7,11,20H,8-9H2,1-4H3/t11-/m1/s1. The highest BCUT2D eigenvalue weighted by molar-refractivity contribution is 5.93. The molecule has 6 heteroatoms. The highest BCUT2D eigenvalue weighted by Gasteiger charge is 2.25. The molecule has 118 valence electrons. The number of rotatable bonds is 5. The van der Waals surface area contributed by atoms with Crippen LogP contribution in [0.25, 0.3) is 0 Å². The van der Waals surface area contributed by atoms with Crippen molar-refractivity contribution >= 4 is 5.91 Å². The van der Waals surface area contributed by atoms with E-state index >= 15 is 0 Å². The largest absolute Gasteiger partial charge is 0.391 e. The Kier molecular flexibility index (Phi) is 4.92. The third kappa shape index (κ3) is 3.33. The molecular formula is C16H21N3O3. The van der Waals surface area contributed by atoms with Crippen LogP contribution in [0.2, 0.25) is 0 Å². The summed E-state index contributed by atoms with van der Waals surface area (Å²) < 4.78 is 5.00. The van der Waals surface area contributed by atoms with E-state index in [0.29, 0.717) is 17.7 Å². The highest BCUT2D eigenvalue weighted by atomic mass is 16.5. The number of hydrogen-bond acceptors (Lipinski definition) is 5. The summed E-state index contributed by atoms with van der Waals surface area (Å²) in [5, 5.41) is 13.1. The molecule has 0 fully saturated rings. The van der Waals surface area contributed by atoms with Crippen molar-refractivity contribution in [1.29, 1.82) is 0 Å². The Morgan fingerprint density at radius 3 is 2.82 bits per heavy atom. The maximum atomic E-state index is 12.5. The fraction of sp³-hybridized carbons (Fsp3) is 0.438. The molecule has 0 aliphatic rings. The van der Waals surface area contributed by atoms with E-state index < -0.39 is 0 Å². The second kappa shape index (κ2) is 6.70. The summed E-state index contributed by atoms with van der Waals surface area (Å²) in [5.41, 5.74) is 2.69. The van der Waals surface area contributed by atoms with Gasteiger partial charge in [0, 0.05) is 31.4 Å². The fourth-order valence-electron chi connectivity index (χ4n) is 2.26. The van der Waals surface area contributed by atoms with Crippen molar-refractivity contribution in [3.63, 3.8) is 0 Å². The zero-order valence-electron chi connectivity index (χ0n) is 13.3. The van der Waals surface area contributed by atoms with Crippen LogP contribution in [-0.4, -0.2) is 39.1 Å². The van der Waals surface area contributed by atoms with Crippen LogP contribution in [0.3, 0.4) is 0 Å². The predicted octanol–water partition coefficient (Wildman–Crippen LogP) is 1.88. The number of likely N-dealkylation sites (N-methyl/N-ethyl adjacent to an activating group) is 1. The zero-order chi connectivity index (χ0) is 16.3. The summed E-state index contributed by atoms with van der Waals surface area (Å²) in [5.74, 6) is 0.202. The van der Waals surface area contributed by atoms with E-state index in [2.05, 4.69) is 10.1 Å². The van der Waals surface area contributed by atoms with Crippen LogP contribution in [0.1, 0.15) is 40.0 Å². The number of carbonyl (C=O) groups is 1. The molecule has 0 saturated heterocycles. The quantitative estimate of drug-likeness (QED) is 0.912. The Bertz CT molecular complexity index is 666. The molecule has 1 amide bonds. The van der Waals surface area contributed by atoms with Crippen molar-refractivity contribution in [2.45, 2.75) is 39.8 Å². The van der Waals surface area contributed by atoms with Gasteiger partial charge in [-0.05, 0) is 38.5 Å². The molecule has 0 saturated carbocycles. The average molecular weight is 303 g/mol. The molecule has 0 radical (unpaired) electrons. The van der Waals surface area contributed by atoms with Crippen LogP contribution in [0.15, 0.2) is 22.9 Å². The molecule has 0 spiro atoms. The van der Waals surface area contributed by atoms with E-state index in [1.807, 2.05) is 26.0 Å². The molecule has 0 aliphatic heterocycles. The lowest BCUT2D eigenvalue weighted by atomic mass is 10.1. The van der Waals surface area contributed by atoms with Crippen molar-refractivity contribution < 1.29 is 14.4 Å². The Morgan fingerprint density at radius 2 is 2.18 bits per heavy atom. The third-order valence-corrected chi connectivity index (χ3v) is 3.80. The van der Waals surface area contributed by atoms with Gasteiger partial charge in [-0.15, -0.1) is 0 Å². The maximum Gasteiger partial charge on any atom is 0.276 e. The van der Waals surface area contributed by atoms with E-state index in [4.69, 9.17) is 4.52 Å². The van der Waals surface area contributed by atoms with Gasteiger partial charge in [0.05, 0.1) is 12.2 Å². The summed E-state index contributed by atoms with van der Waals surface area (Å²) >= 11 is 0. The number of carbonyl (C=O) groups excluding carboxylic acids is 1. The SMILES string of the molecule is Cc1ccnc(C[C@@H](C)N(C)C(=O)c2noc(C)c2CO)c1. The number of aliphatic hydroxyl groups is 1.